The smallest absolute Gasteiger partial charge is 0.308 e. The van der Waals surface area contributed by atoms with Crippen LogP contribution in [-0.2, 0) is 11.2 Å². The molecule has 2 heterocycles. The van der Waals surface area contributed by atoms with E-state index in [2.05, 4.69) is 10.3 Å². The zero-order chi connectivity index (χ0) is 18.8. The Morgan fingerprint density at radius 2 is 2.12 bits per heavy atom. The van der Waals surface area contributed by atoms with Crippen molar-refractivity contribution in [2.75, 3.05) is 13.1 Å². The molecule has 1 aromatic carbocycles. The van der Waals surface area contributed by atoms with Crippen LogP contribution in [0.25, 0.3) is 5.69 Å². The maximum atomic E-state index is 13.0. The molecule has 1 saturated heterocycles. The fourth-order valence-corrected chi connectivity index (χ4v) is 3.63. The summed E-state index contributed by atoms with van der Waals surface area (Å²) in [6.45, 7) is 4.61. The van der Waals surface area contributed by atoms with Crippen molar-refractivity contribution in [1.82, 2.24) is 19.9 Å². The third-order valence-electron chi connectivity index (χ3n) is 4.65. The second-order valence-electron chi connectivity index (χ2n) is 6.72. The van der Waals surface area contributed by atoms with Crippen LogP contribution in [0.2, 0.25) is 5.02 Å². The summed E-state index contributed by atoms with van der Waals surface area (Å²) in [7, 11) is 0. The van der Waals surface area contributed by atoms with Crippen molar-refractivity contribution >= 4 is 23.5 Å². The number of amides is 1. The molecule has 0 bridgehead atoms. The molecular weight excluding hydrogens is 356 g/mol. The van der Waals surface area contributed by atoms with E-state index in [1.54, 1.807) is 21.7 Å². The summed E-state index contributed by atoms with van der Waals surface area (Å²) in [5, 5.41) is 18.1. The highest BCUT2D eigenvalue weighted by atomic mass is 35.5. The first-order valence-corrected chi connectivity index (χ1v) is 9.01. The van der Waals surface area contributed by atoms with Gasteiger partial charge >= 0.3 is 5.97 Å². The Labute approximate surface area is 156 Å². The van der Waals surface area contributed by atoms with E-state index in [9.17, 15) is 14.7 Å². The Kier molecular flexibility index (Phi) is 5.27. The maximum absolute atomic E-state index is 13.0. The zero-order valence-corrected chi connectivity index (χ0v) is 15.5. The Hall–Kier alpha value is -2.41. The number of carboxylic acids is 1. The van der Waals surface area contributed by atoms with Crippen LogP contribution >= 0.6 is 11.6 Å². The van der Waals surface area contributed by atoms with Gasteiger partial charge in [0.25, 0.3) is 5.91 Å². The average molecular weight is 377 g/mol. The lowest BCUT2D eigenvalue weighted by Crippen LogP contribution is -2.45. The highest BCUT2D eigenvalue weighted by Crippen LogP contribution is 2.24. The molecule has 1 amide bonds. The molecule has 7 nitrogen and oxygen atoms in total. The van der Waals surface area contributed by atoms with Crippen LogP contribution in [0.3, 0.4) is 0 Å². The van der Waals surface area contributed by atoms with Gasteiger partial charge in [-0.15, -0.1) is 5.10 Å². The lowest BCUT2D eigenvalue weighted by Gasteiger charge is -2.34. The van der Waals surface area contributed by atoms with E-state index in [4.69, 9.17) is 11.6 Å². The van der Waals surface area contributed by atoms with Gasteiger partial charge in [0, 0.05) is 18.1 Å². The van der Waals surface area contributed by atoms with Gasteiger partial charge in [0.15, 0.2) is 5.69 Å². The Morgan fingerprint density at radius 1 is 1.35 bits per heavy atom. The van der Waals surface area contributed by atoms with Crippen LogP contribution in [-0.4, -0.2) is 50.0 Å². The third-order valence-corrected chi connectivity index (χ3v) is 4.88. The number of aliphatic carboxylic acids is 1. The largest absolute Gasteiger partial charge is 0.481 e. The van der Waals surface area contributed by atoms with Gasteiger partial charge in [-0.1, -0.05) is 36.7 Å². The van der Waals surface area contributed by atoms with Crippen molar-refractivity contribution in [2.24, 2.45) is 11.8 Å². The van der Waals surface area contributed by atoms with Crippen LogP contribution in [0.4, 0.5) is 0 Å². The van der Waals surface area contributed by atoms with Crippen molar-refractivity contribution in [3.63, 3.8) is 0 Å². The van der Waals surface area contributed by atoms with E-state index in [-0.39, 0.29) is 24.1 Å². The molecule has 26 heavy (non-hydrogen) atoms. The van der Waals surface area contributed by atoms with Crippen molar-refractivity contribution in [2.45, 2.75) is 26.7 Å². The fraction of sp³-hybridized carbons (Fsp3) is 0.444. The molecule has 138 valence electrons. The predicted molar refractivity (Wildman–Crippen MR) is 96.6 cm³/mol. The minimum Gasteiger partial charge on any atom is -0.481 e. The van der Waals surface area contributed by atoms with Crippen molar-refractivity contribution in [1.29, 1.82) is 0 Å². The number of nitrogens with zero attached hydrogens (tertiary/aromatic N) is 4. The van der Waals surface area contributed by atoms with Crippen molar-refractivity contribution in [3.8, 4) is 5.69 Å². The SMILES string of the molecule is CCc1c(C(=O)N2CC(C)CC(C(=O)O)C2)nnn1-c1cccc(Cl)c1. The number of carbonyl (C=O) groups excluding carboxylic acids is 1. The molecule has 0 radical (unpaired) electrons. The molecule has 8 heteroatoms. The highest BCUT2D eigenvalue weighted by Gasteiger charge is 2.34. The monoisotopic (exact) mass is 376 g/mol. The molecule has 0 saturated carbocycles. The fourth-order valence-electron chi connectivity index (χ4n) is 3.45. The van der Waals surface area contributed by atoms with Gasteiger partial charge in [-0.05, 0) is 37.0 Å². The molecule has 0 aliphatic carbocycles. The van der Waals surface area contributed by atoms with Crippen molar-refractivity contribution in [3.05, 3.63) is 40.7 Å². The molecule has 1 fully saturated rings. The van der Waals surface area contributed by atoms with Gasteiger partial charge in [0.2, 0.25) is 0 Å². The van der Waals surface area contributed by atoms with Crippen LogP contribution in [0, 0.1) is 11.8 Å². The Bertz CT molecular complexity index is 836. The number of rotatable bonds is 4. The third kappa shape index (κ3) is 3.58. The van der Waals surface area contributed by atoms with Crippen molar-refractivity contribution < 1.29 is 14.7 Å². The van der Waals surface area contributed by atoms with E-state index >= 15 is 0 Å². The summed E-state index contributed by atoms with van der Waals surface area (Å²) in [5.74, 6) is -1.56. The molecule has 1 aromatic heterocycles. The Morgan fingerprint density at radius 3 is 2.77 bits per heavy atom. The lowest BCUT2D eigenvalue weighted by atomic mass is 9.90. The second-order valence-corrected chi connectivity index (χ2v) is 7.15. The van der Waals surface area contributed by atoms with Gasteiger partial charge in [-0.25, -0.2) is 4.68 Å². The topological polar surface area (TPSA) is 88.3 Å². The Balaban J connectivity index is 1.92. The normalized spacial score (nSPS) is 20.2. The summed E-state index contributed by atoms with van der Waals surface area (Å²) in [4.78, 5) is 25.9. The number of aromatic nitrogens is 3. The van der Waals surface area contributed by atoms with Gasteiger partial charge in [-0.2, -0.15) is 0 Å². The second kappa shape index (κ2) is 7.45. The summed E-state index contributed by atoms with van der Waals surface area (Å²) in [5.41, 5.74) is 1.68. The summed E-state index contributed by atoms with van der Waals surface area (Å²) in [6.07, 6.45) is 1.14. The molecule has 0 spiro atoms. The number of halogens is 1. The van der Waals surface area contributed by atoms with E-state index in [0.717, 1.165) is 5.69 Å². The van der Waals surface area contributed by atoms with Gasteiger partial charge in [0.05, 0.1) is 17.3 Å². The first-order valence-electron chi connectivity index (χ1n) is 8.63. The van der Waals surface area contributed by atoms with E-state index < -0.39 is 11.9 Å². The van der Waals surface area contributed by atoms with Gasteiger partial charge in [-0.3, -0.25) is 9.59 Å². The summed E-state index contributed by atoms with van der Waals surface area (Å²) >= 11 is 6.05. The molecular formula is C18H21ClN4O3. The van der Waals surface area contributed by atoms with Crippen LogP contribution in [0.1, 0.15) is 36.5 Å². The average Bonchev–Trinajstić information content (AvgIpc) is 3.04. The van der Waals surface area contributed by atoms with E-state index in [1.165, 1.54) is 0 Å². The number of hydrogen-bond donors (Lipinski definition) is 1. The minimum absolute atomic E-state index is 0.127. The zero-order valence-electron chi connectivity index (χ0n) is 14.7. The number of benzene rings is 1. The van der Waals surface area contributed by atoms with Gasteiger partial charge < -0.3 is 10.0 Å². The summed E-state index contributed by atoms with van der Waals surface area (Å²) in [6, 6.07) is 7.18. The minimum atomic E-state index is -0.868. The first kappa shape index (κ1) is 18.4. The van der Waals surface area contributed by atoms with Crippen LogP contribution in [0.5, 0.6) is 0 Å². The van der Waals surface area contributed by atoms with Crippen LogP contribution in [0.15, 0.2) is 24.3 Å². The predicted octanol–water partition coefficient (Wildman–Crippen LogP) is 2.67. The number of hydrogen-bond acceptors (Lipinski definition) is 4. The molecule has 1 N–H and O–H groups in total. The number of carbonyl (C=O) groups is 2. The molecule has 2 unspecified atom stereocenters. The lowest BCUT2D eigenvalue weighted by molar-refractivity contribution is -0.143. The standard InChI is InChI=1S/C18H21ClN4O3/c1-3-15-16(20-21-23(15)14-6-4-5-13(19)8-14)17(24)22-9-11(2)7-12(10-22)18(25)26/h4-6,8,11-12H,3,7,9-10H2,1-2H3,(H,25,26). The molecule has 2 atom stereocenters. The summed E-state index contributed by atoms with van der Waals surface area (Å²) < 4.78 is 1.61. The number of likely N-dealkylation sites (tertiary alicyclic amines) is 1. The molecule has 1 aliphatic heterocycles. The first-order chi connectivity index (χ1) is 12.4. The number of carboxylic acid groups (broad SMARTS) is 1. The highest BCUT2D eigenvalue weighted by molar-refractivity contribution is 6.30. The molecule has 2 aromatic rings. The van der Waals surface area contributed by atoms with Gasteiger partial charge in [0.1, 0.15) is 0 Å². The van der Waals surface area contributed by atoms with Crippen LogP contribution < -0.4 is 0 Å². The molecule has 1 aliphatic rings. The molecule has 3 rings (SSSR count). The quantitative estimate of drug-likeness (QED) is 0.886. The maximum Gasteiger partial charge on any atom is 0.308 e. The van der Waals surface area contributed by atoms with E-state index in [1.807, 2.05) is 26.0 Å². The number of piperidine rings is 1. The van der Waals surface area contributed by atoms with E-state index in [0.29, 0.717) is 30.1 Å².